The van der Waals surface area contributed by atoms with Crippen LogP contribution in [0.5, 0.6) is 0 Å². The van der Waals surface area contributed by atoms with Crippen molar-refractivity contribution in [1.82, 2.24) is 4.90 Å². The standard InChI is InChI=1S/C16H12N4O2/c1-10(11-6-4-5-9-14(11)18-19-17)20-15(21)12-7-2-3-8-13(12)16(20)22/h2-10H,1H3. The van der Waals surface area contributed by atoms with Crippen LogP contribution in [0.4, 0.5) is 5.69 Å². The number of carbonyl (C=O) groups is 2. The zero-order chi connectivity index (χ0) is 15.7. The van der Waals surface area contributed by atoms with E-state index < -0.39 is 6.04 Å². The minimum Gasteiger partial charge on any atom is -0.269 e. The molecule has 1 aliphatic heterocycles. The van der Waals surface area contributed by atoms with E-state index in [-0.39, 0.29) is 11.8 Å². The summed E-state index contributed by atoms with van der Waals surface area (Å²) in [4.78, 5) is 29.0. The van der Waals surface area contributed by atoms with Gasteiger partial charge in [-0.25, -0.2) is 0 Å². The van der Waals surface area contributed by atoms with Crippen LogP contribution in [0.1, 0.15) is 39.2 Å². The molecule has 0 N–H and O–H groups in total. The number of carbonyl (C=O) groups excluding carboxylic acids is 2. The molecule has 108 valence electrons. The number of amides is 2. The van der Waals surface area contributed by atoms with E-state index in [1.165, 1.54) is 4.90 Å². The molecule has 0 aromatic heterocycles. The van der Waals surface area contributed by atoms with Gasteiger partial charge >= 0.3 is 0 Å². The van der Waals surface area contributed by atoms with E-state index in [9.17, 15) is 9.59 Å². The highest BCUT2D eigenvalue weighted by atomic mass is 16.2. The molecule has 0 radical (unpaired) electrons. The Morgan fingerprint density at radius 3 is 2.14 bits per heavy atom. The van der Waals surface area contributed by atoms with Gasteiger partial charge in [0.1, 0.15) is 0 Å². The van der Waals surface area contributed by atoms with Gasteiger partial charge in [-0.05, 0) is 30.2 Å². The summed E-state index contributed by atoms with van der Waals surface area (Å²) in [6.45, 7) is 1.74. The van der Waals surface area contributed by atoms with Crippen molar-refractivity contribution in [3.63, 3.8) is 0 Å². The van der Waals surface area contributed by atoms with Crippen LogP contribution in [0.3, 0.4) is 0 Å². The molecule has 1 atom stereocenters. The molecule has 22 heavy (non-hydrogen) atoms. The summed E-state index contributed by atoms with van der Waals surface area (Å²) >= 11 is 0. The van der Waals surface area contributed by atoms with Gasteiger partial charge in [0.2, 0.25) is 0 Å². The summed E-state index contributed by atoms with van der Waals surface area (Å²) in [5.41, 5.74) is 10.5. The Labute approximate surface area is 126 Å². The van der Waals surface area contributed by atoms with E-state index in [1.54, 1.807) is 55.5 Å². The molecule has 2 aromatic rings. The molecule has 0 spiro atoms. The van der Waals surface area contributed by atoms with E-state index in [4.69, 9.17) is 5.53 Å². The van der Waals surface area contributed by atoms with Crippen LogP contribution >= 0.6 is 0 Å². The third kappa shape index (κ3) is 2.03. The lowest BCUT2D eigenvalue weighted by molar-refractivity contribution is 0.0596. The second-order valence-electron chi connectivity index (χ2n) is 4.95. The Morgan fingerprint density at radius 1 is 1.00 bits per heavy atom. The average molecular weight is 292 g/mol. The maximum atomic E-state index is 12.5. The summed E-state index contributed by atoms with van der Waals surface area (Å²) in [6.07, 6.45) is 0. The van der Waals surface area contributed by atoms with Gasteiger partial charge in [-0.1, -0.05) is 41.5 Å². The van der Waals surface area contributed by atoms with E-state index in [1.807, 2.05) is 0 Å². The number of fused-ring (bicyclic) bond motifs is 1. The first-order valence-corrected chi connectivity index (χ1v) is 6.76. The Bertz CT molecular complexity index is 789. The minimum absolute atomic E-state index is 0.330. The fraction of sp³-hybridized carbons (Fsp3) is 0.125. The van der Waals surface area contributed by atoms with Gasteiger partial charge in [0.05, 0.1) is 17.2 Å². The van der Waals surface area contributed by atoms with Gasteiger partial charge < -0.3 is 0 Å². The van der Waals surface area contributed by atoms with Crippen LogP contribution in [-0.4, -0.2) is 16.7 Å². The topological polar surface area (TPSA) is 86.1 Å². The first kappa shape index (κ1) is 13.9. The van der Waals surface area contributed by atoms with E-state index in [0.717, 1.165) is 0 Å². The van der Waals surface area contributed by atoms with Crippen molar-refractivity contribution in [2.45, 2.75) is 13.0 Å². The van der Waals surface area contributed by atoms with E-state index in [0.29, 0.717) is 22.4 Å². The van der Waals surface area contributed by atoms with Crippen LogP contribution in [0.15, 0.2) is 53.6 Å². The highest BCUT2D eigenvalue weighted by Gasteiger charge is 2.38. The summed E-state index contributed by atoms with van der Waals surface area (Å²) < 4.78 is 0. The van der Waals surface area contributed by atoms with E-state index in [2.05, 4.69) is 10.0 Å². The monoisotopic (exact) mass is 292 g/mol. The molecule has 0 saturated carbocycles. The molecule has 2 aromatic carbocycles. The van der Waals surface area contributed by atoms with Gasteiger partial charge in [-0.15, -0.1) is 0 Å². The van der Waals surface area contributed by atoms with Crippen LogP contribution in [-0.2, 0) is 0 Å². The Kier molecular flexibility index (Phi) is 3.37. The third-order valence-electron chi connectivity index (χ3n) is 3.75. The van der Waals surface area contributed by atoms with Gasteiger partial charge in [-0.2, -0.15) is 0 Å². The normalized spacial score (nSPS) is 14.5. The molecule has 0 aliphatic carbocycles. The van der Waals surface area contributed by atoms with Crippen molar-refractivity contribution in [3.05, 3.63) is 75.7 Å². The molecule has 6 heteroatoms. The molecule has 1 heterocycles. The SMILES string of the molecule is CC(c1ccccc1N=[N+]=[N-])N1C(=O)c2ccccc2C1=O. The van der Waals surface area contributed by atoms with Crippen molar-refractivity contribution < 1.29 is 9.59 Å². The Hall–Kier alpha value is -3.11. The van der Waals surface area contributed by atoms with Crippen molar-refractivity contribution >= 4 is 17.5 Å². The maximum Gasteiger partial charge on any atom is 0.262 e. The number of rotatable bonds is 3. The number of hydrogen-bond acceptors (Lipinski definition) is 3. The number of nitrogens with zero attached hydrogens (tertiary/aromatic N) is 4. The average Bonchev–Trinajstić information content (AvgIpc) is 2.80. The predicted octanol–water partition coefficient (Wildman–Crippen LogP) is 3.99. The van der Waals surface area contributed by atoms with Gasteiger partial charge in [-0.3, -0.25) is 14.5 Å². The lowest BCUT2D eigenvalue weighted by atomic mass is 10.0. The van der Waals surface area contributed by atoms with Gasteiger partial charge in [0.15, 0.2) is 0 Å². The number of imide groups is 1. The predicted molar refractivity (Wildman–Crippen MR) is 80.6 cm³/mol. The summed E-state index contributed by atoms with van der Waals surface area (Å²) in [5.74, 6) is -0.660. The fourth-order valence-electron chi connectivity index (χ4n) is 2.68. The van der Waals surface area contributed by atoms with Crippen LogP contribution in [0.25, 0.3) is 10.4 Å². The lowest BCUT2D eigenvalue weighted by Crippen LogP contribution is -2.32. The Balaban J connectivity index is 2.05. The third-order valence-corrected chi connectivity index (χ3v) is 3.75. The van der Waals surface area contributed by atoms with Gasteiger partial charge in [0.25, 0.3) is 11.8 Å². The second kappa shape index (κ2) is 5.35. The van der Waals surface area contributed by atoms with Crippen molar-refractivity contribution in [3.8, 4) is 0 Å². The highest BCUT2D eigenvalue weighted by molar-refractivity contribution is 6.21. The molecule has 6 nitrogen and oxygen atoms in total. The molecular formula is C16H12N4O2. The molecule has 3 rings (SSSR count). The molecule has 0 fully saturated rings. The maximum absolute atomic E-state index is 12.5. The van der Waals surface area contributed by atoms with E-state index >= 15 is 0 Å². The number of benzene rings is 2. The minimum atomic E-state index is -0.519. The molecule has 2 amide bonds. The van der Waals surface area contributed by atoms with Crippen LogP contribution < -0.4 is 0 Å². The summed E-state index contributed by atoms with van der Waals surface area (Å²) in [7, 11) is 0. The first-order chi connectivity index (χ1) is 10.6. The summed E-state index contributed by atoms with van der Waals surface area (Å²) in [6, 6.07) is 13.1. The zero-order valence-electron chi connectivity index (χ0n) is 11.8. The Morgan fingerprint density at radius 2 is 1.55 bits per heavy atom. The first-order valence-electron chi connectivity index (χ1n) is 6.76. The lowest BCUT2D eigenvalue weighted by Gasteiger charge is -2.24. The van der Waals surface area contributed by atoms with Crippen molar-refractivity contribution in [1.29, 1.82) is 0 Å². The van der Waals surface area contributed by atoms with Crippen LogP contribution in [0.2, 0.25) is 0 Å². The zero-order valence-corrected chi connectivity index (χ0v) is 11.8. The number of hydrogen-bond donors (Lipinski definition) is 0. The second-order valence-corrected chi connectivity index (χ2v) is 4.95. The highest BCUT2D eigenvalue weighted by Crippen LogP contribution is 2.35. The fourth-order valence-corrected chi connectivity index (χ4v) is 2.68. The molecular weight excluding hydrogens is 280 g/mol. The molecule has 0 saturated heterocycles. The van der Waals surface area contributed by atoms with Gasteiger partial charge in [0, 0.05) is 10.6 Å². The quantitative estimate of drug-likeness (QED) is 0.370. The summed E-state index contributed by atoms with van der Waals surface area (Å²) in [5, 5.41) is 3.63. The number of azide groups is 1. The molecule has 1 aliphatic rings. The van der Waals surface area contributed by atoms with Crippen molar-refractivity contribution in [2.24, 2.45) is 5.11 Å². The molecule has 1 unspecified atom stereocenters. The van der Waals surface area contributed by atoms with Crippen molar-refractivity contribution in [2.75, 3.05) is 0 Å². The smallest absolute Gasteiger partial charge is 0.262 e. The largest absolute Gasteiger partial charge is 0.269 e. The molecule has 0 bridgehead atoms. The van der Waals surface area contributed by atoms with Crippen LogP contribution in [0, 0.1) is 0 Å².